The van der Waals surface area contributed by atoms with E-state index in [-0.39, 0.29) is 16.9 Å². The first kappa shape index (κ1) is 23.8. The van der Waals surface area contributed by atoms with Crippen LogP contribution in [0.5, 0.6) is 0 Å². The number of nitrogens with two attached hydrogens (primary N) is 1. The fourth-order valence-corrected chi connectivity index (χ4v) is 9.15. The van der Waals surface area contributed by atoms with Gasteiger partial charge in [0.15, 0.2) is 5.96 Å². The third-order valence-electron chi connectivity index (χ3n) is 10.2. The summed E-state index contributed by atoms with van der Waals surface area (Å²) >= 11 is 0. The molecule has 7 unspecified atom stereocenters. The normalized spacial score (nSPS) is 43.8. The third kappa shape index (κ3) is 2.88. The minimum atomic E-state index is -1.48. The Morgan fingerprint density at radius 2 is 2.03 bits per heavy atom. The van der Waals surface area contributed by atoms with Crippen LogP contribution >= 0.6 is 0 Å². The highest BCUT2D eigenvalue weighted by molar-refractivity contribution is 5.92. The summed E-state index contributed by atoms with van der Waals surface area (Å²) in [6.07, 6.45) is 10.9. The number of allylic oxidation sites excluding steroid dienone is 1. The summed E-state index contributed by atoms with van der Waals surface area (Å²) in [6.45, 7) is 1.50. The second-order valence-electron chi connectivity index (χ2n) is 11.2. The van der Waals surface area contributed by atoms with Crippen molar-refractivity contribution in [2.75, 3.05) is 34.3 Å². The molecule has 4 aliphatic carbocycles. The van der Waals surface area contributed by atoms with Gasteiger partial charge < -0.3 is 30.9 Å². The number of fused-ring (bicyclic) bond motifs is 1. The van der Waals surface area contributed by atoms with Crippen molar-refractivity contribution < 1.29 is 19.7 Å². The molecule has 3 bridgehead atoms. The smallest absolute Gasteiger partial charge is 0.334 e. The number of guanidine groups is 1. The number of carboxylic acids is 1. The SMILES string of the molecule is CN=C(N)N1C=CC(CNC)C2(C1)C1CCC3CCCCC(OC)C4(O)CC32C(=C4C(=O)O)C1. The molecule has 0 radical (unpaired) electrons. The summed E-state index contributed by atoms with van der Waals surface area (Å²) in [5, 5.41) is 26.2. The van der Waals surface area contributed by atoms with Crippen LogP contribution in [0.2, 0.25) is 0 Å². The van der Waals surface area contributed by atoms with Crippen LogP contribution in [0.4, 0.5) is 0 Å². The van der Waals surface area contributed by atoms with Gasteiger partial charge in [0, 0.05) is 44.3 Å². The summed E-state index contributed by atoms with van der Waals surface area (Å²) in [4.78, 5) is 19.2. The summed E-state index contributed by atoms with van der Waals surface area (Å²) < 4.78 is 5.84. The predicted molar refractivity (Wildman–Crippen MR) is 130 cm³/mol. The van der Waals surface area contributed by atoms with Crippen LogP contribution < -0.4 is 11.1 Å². The molecule has 0 saturated heterocycles. The molecule has 34 heavy (non-hydrogen) atoms. The maximum absolute atomic E-state index is 12.8. The maximum atomic E-state index is 12.8. The van der Waals surface area contributed by atoms with Crippen molar-refractivity contribution in [1.82, 2.24) is 10.2 Å². The molecule has 5 rings (SSSR count). The number of rotatable bonds is 4. The largest absolute Gasteiger partial charge is 0.478 e. The van der Waals surface area contributed by atoms with Crippen LogP contribution in [-0.2, 0) is 9.53 Å². The number of aliphatic carboxylic acids is 1. The maximum Gasteiger partial charge on any atom is 0.334 e. The van der Waals surface area contributed by atoms with Crippen molar-refractivity contribution in [1.29, 1.82) is 0 Å². The number of methoxy groups -OCH3 is 1. The van der Waals surface area contributed by atoms with Gasteiger partial charge in [0.1, 0.15) is 5.60 Å². The van der Waals surface area contributed by atoms with Gasteiger partial charge >= 0.3 is 5.97 Å². The Morgan fingerprint density at radius 3 is 2.71 bits per heavy atom. The highest BCUT2D eigenvalue weighted by atomic mass is 16.5. The van der Waals surface area contributed by atoms with E-state index in [0.29, 0.717) is 37.2 Å². The number of aliphatic imine (C=N–C) groups is 1. The molecule has 3 saturated carbocycles. The fraction of sp³-hybridized carbons (Fsp3) is 0.769. The van der Waals surface area contributed by atoms with E-state index in [0.717, 1.165) is 50.6 Å². The Morgan fingerprint density at radius 1 is 1.29 bits per heavy atom. The highest BCUT2D eigenvalue weighted by Crippen LogP contribution is 2.78. The molecule has 8 nitrogen and oxygen atoms in total. The van der Waals surface area contributed by atoms with Crippen molar-refractivity contribution in [3.63, 3.8) is 0 Å². The molecule has 7 atom stereocenters. The molecular formula is C26H40N4O4. The molecule has 8 heteroatoms. The molecule has 0 aromatic carbocycles. The quantitative estimate of drug-likeness (QED) is 0.365. The third-order valence-corrected chi connectivity index (χ3v) is 10.2. The van der Waals surface area contributed by atoms with E-state index >= 15 is 0 Å². The molecule has 188 valence electrons. The van der Waals surface area contributed by atoms with Gasteiger partial charge in [0.25, 0.3) is 0 Å². The summed E-state index contributed by atoms with van der Waals surface area (Å²) in [5.41, 5.74) is 5.48. The van der Waals surface area contributed by atoms with Crippen LogP contribution in [0.3, 0.4) is 0 Å². The van der Waals surface area contributed by atoms with Crippen molar-refractivity contribution in [3.8, 4) is 0 Å². The number of nitrogens with zero attached hydrogens (tertiary/aromatic N) is 2. The average Bonchev–Trinajstić information content (AvgIpc) is 3.17. The average molecular weight is 473 g/mol. The van der Waals surface area contributed by atoms with Gasteiger partial charge in [-0.2, -0.15) is 0 Å². The van der Waals surface area contributed by atoms with Crippen LogP contribution in [0.1, 0.15) is 51.4 Å². The van der Waals surface area contributed by atoms with Crippen molar-refractivity contribution >= 4 is 11.9 Å². The van der Waals surface area contributed by atoms with Crippen molar-refractivity contribution in [3.05, 3.63) is 23.4 Å². The van der Waals surface area contributed by atoms with Gasteiger partial charge in [-0.3, -0.25) is 4.99 Å². The lowest BCUT2D eigenvalue weighted by Crippen LogP contribution is -2.63. The molecular weight excluding hydrogens is 432 g/mol. The van der Waals surface area contributed by atoms with Gasteiger partial charge in [-0.05, 0) is 68.9 Å². The number of nitrogens with one attached hydrogen (secondary N) is 1. The monoisotopic (exact) mass is 472 g/mol. The zero-order valence-electron chi connectivity index (χ0n) is 20.7. The standard InChI is InChI=1S/C26H40N4O4/c1-28-13-18-10-11-30(23(27)29-2)15-25(18)17-9-8-16-6-4-5-7-20(34-3)26(33)14-24(16,25)19(12-17)21(26)22(31)32/h10-11,16-18,20,28,33H,4-9,12-15H2,1-3H3,(H2,27,29)(H,31,32). The van der Waals surface area contributed by atoms with Crippen molar-refractivity contribution in [2.24, 2.45) is 39.3 Å². The number of carboxylic acid groups (broad SMARTS) is 1. The van der Waals surface area contributed by atoms with E-state index in [4.69, 9.17) is 10.5 Å². The highest BCUT2D eigenvalue weighted by Gasteiger charge is 2.76. The number of hydrogen-bond donors (Lipinski definition) is 4. The molecule has 0 aromatic heterocycles. The summed E-state index contributed by atoms with van der Waals surface area (Å²) in [5.74, 6) is 0.389. The van der Waals surface area contributed by atoms with Crippen LogP contribution in [0.25, 0.3) is 0 Å². The van der Waals surface area contributed by atoms with E-state index < -0.39 is 23.1 Å². The zero-order chi connectivity index (χ0) is 24.3. The van der Waals surface area contributed by atoms with Crippen LogP contribution in [0.15, 0.2) is 28.4 Å². The Labute approximate surface area is 202 Å². The molecule has 0 amide bonds. The molecule has 5 aliphatic rings. The van der Waals surface area contributed by atoms with Crippen LogP contribution in [0, 0.1) is 28.6 Å². The zero-order valence-corrected chi connectivity index (χ0v) is 20.7. The Balaban J connectivity index is 1.79. The lowest BCUT2D eigenvalue weighted by Gasteiger charge is -2.61. The first-order valence-electron chi connectivity index (χ1n) is 12.8. The molecule has 5 N–H and O–H groups in total. The van der Waals surface area contributed by atoms with Gasteiger partial charge in [-0.25, -0.2) is 4.79 Å². The topological polar surface area (TPSA) is 120 Å². The number of carbonyl (C=O) groups is 1. The van der Waals surface area contributed by atoms with E-state index in [2.05, 4.69) is 21.3 Å². The number of ether oxygens (including phenoxy) is 1. The van der Waals surface area contributed by atoms with E-state index in [1.165, 1.54) is 0 Å². The predicted octanol–water partition coefficient (Wildman–Crippen LogP) is 2.10. The Hall–Kier alpha value is -1.90. The van der Waals surface area contributed by atoms with E-state index in [1.54, 1.807) is 14.2 Å². The van der Waals surface area contributed by atoms with Gasteiger partial charge in [0.2, 0.25) is 0 Å². The minimum Gasteiger partial charge on any atom is -0.478 e. The van der Waals surface area contributed by atoms with E-state index in [1.807, 2.05) is 13.2 Å². The Kier molecular flexibility index (Phi) is 5.85. The summed E-state index contributed by atoms with van der Waals surface area (Å²) in [6, 6.07) is 0. The lowest BCUT2D eigenvalue weighted by atomic mass is 9.45. The Bertz CT molecular complexity index is 947. The van der Waals surface area contributed by atoms with E-state index in [9.17, 15) is 15.0 Å². The second kappa shape index (κ2) is 8.35. The lowest BCUT2D eigenvalue weighted by molar-refractivity contribution is -0.148. The molecule has 1 aliphatic heterocycles. The molecule has 1 heterocycles. The molecule has 3 fully saturated rings. The molecule has 2 spiro atoms. The van der Waals surface area contributed by atoms with Crippen LogP contribution in [-0.4, -0.2) is 73.0 Å². The fourth-order valence-electron chi connectivity index (χ4n) is 9.15. The van der Waals surface area contributed by atoms with Gasteiger partial charge in [-0.15, -0.1) is 0 Å². The first-order valence-corrected chi connectivity index (χ1v) is 12.8. The molecule has 0 aromatic rings. The second-order valence-corrected chi connectivity index (χ2v) is 11.2. The number of hydrogen-bond acceptors (Lipinski definition) is 5. The van der Waals surface area contributed by atoms with Gasteiger partial charge in [0.05, 0.1) is 11.7 Å². The van der Waals surface area contributed by atoms with Gasteiger partial charge in [-0.1, -0.05) is 18.9 Å². The van der Waals surface area contributed by atoms with Crippen molar-refractivity contribution in [2.45, 2.75) is 63.1 Å². The minimum absolute atomic E-state index is 0.211. The summed E-state index contributed by atoms with van der Waals surface area (Å²) in [7, 11) is 5.30. The number of aliphatic hydroxyl groups is 1. The first-order chi connectivity index (χ1) is 16.3.